The van der Waals surface area contributed by atoms with Crippen molar-refractivity contribution in [2.75, 3.05) is 27.9 Å². The first-order chi connectivity index (χ1) is 34.7. The van der Waals surface area contributed by atoms with Gasteiger partial charge in [0.05, 0.1) is 30.0 Å². The molecule has 1 aliphatic carbocycles. The van der Waals surface area contributed by atoms with Gasteiger partial charge in [-0.1, -0.05) is 89.3 Å². The largest absolute Gasteiger partial charge is 0.460 e. The van der Waals surface area contributed by atoms with Crippen molar-refractivity contribution >= 4 is 35.2 Å². The number of piperidine rings is 1. The summed E-state index contributed by atoms with van der Waals surface area (Å²) in [6.07, 6.45) is 10.8. The van der Waals surface area contributed by atoms with Crippen molar-refractivity contribution in [3.8, 4) is 0 Å². The molecule has 1 aromatic rings. The highest BCUT2D eigenvalue weighted by Crippen LogP contribution is 2.38. The number of methoxy groups -OCH3 is 3. The van der Waals surface area contributed by atoms with Gasteiger partial charge in [0, 0.05) is 58.5 Å². The van der Waals surface area contributed by atoms with Gasteiger partial charge in [0.15, 0.2) is 18.0 Å². The number of Topliss-reactive ketones (excluding diaryl/α,β-unsaturated/α-hetero) is 3. The van der Waals surface area contributed by atoms with Crippen LogP contribution in [0.1, 0.15) is 136 Å². The number of carbonyl (C=O) groups is 6. The average molecular weight is 1020 g/mol. The molecule has 2 saturated heterocycles. The van der Waals surface area contributed by atoms with Crippen LogP contribution < -0.4 is 0 Å². The van der Waals surface area contributed by atoms with Crippen LogP contribution in [0, 0.1) is 35.5 Å². The lowest BCUT2D eigenvalue weighted by atomic mass is 9.78. The van der Waals surface area contributed by atoms with E-state index in [1.807, 2.05) is 58.1 Å². The molecule has 0 spiro atoms. The summed E-state index contributed by atoms with van der Waals surface area (Å²) in [6.45, 7) is 12.8. The van der Waals surface area contributed by atoms with Gasteiger partial charge in [-0.25, -0.2) is 9.59 Å². The van der Waals surface area contributed by atoms with Crippen molar-refractivity contribution < 1.29 is 67.4 Å². The number of allylic oxidation sites excluding steroid dienone is 6. The predicted octanol–water partition coefficient (Wildman–Crippen LogP) is 8.05. The van der Waals surface area contributed by atoms with Crippen molar-refractivity contribution in [3.05, 3.63) is 83.5 Å². The number of benzene rings is 1. The zero-order chi connectivity index (χ0) is 53.6. The first kappa shape index (κ1) is 59.2. The topological polar surface area (TPSA) is 201 Å². The Hall–Kier alpha value is -4.64. The van der Waals surface area contributed by atoms with Gasteiger partial charge in [-0.05, 0) is 119 Å². The molecule has 0 radical (unpaired) electrons. The SMILES string of the molecule is CO[C@H]1C[C@@H]2CC[C@@H](C)[C@@](O)(O2)C(=O)C(=O)N2CCCC[C@H]2C(=O)O[C@H]([C@H](C)C[C@@H]2CC[C@@H](O)[C@H](OC)C2)CC(=O)[C@H](C)/C=C(\C)[C@@H](OC(=O)c2ccccc2)[C@@H](OC)C(=O)[C@H](C)C[C@H](C)/C=C/C=CC=C1C. The Bertz CT molecular complexity index is 2170. The fourth-order valence-corrected chi connectivity index (χ4v) is 11.0. The normalized spacial score (nSPS) is 36.0. The van der Waals surface area contributed by atoms with E-state index in [9.17, 15) is 39.0 Å². The molecule has 15 heteroatoms. The second-order valence-electron chi connectivity index (χ2n) is 21.3. The molecule has 3 fully saturated rings. The number of hydrogen-bond donors (Lipinski definition) is 2. The number of rotatable bonds is 8. The van der Waals surface area contributed by atoms with Gasteiger partial charge in [0.2, 0.25) is 5.79 Å². The zero-order valence-electron chi connectivity index (χ0n) is 44.9. The van der Waals surface area contributed by atoms with E-state index >= 15 is 0 Å². The molecule has 3 aliphatic heterocycles. The van der Waals surface area contributed by atoms with E-state index in [-0.39, 0.29) is 60.4 Å². The Morgan fingerprint density at radius 3 is 2.25 bits per heavy atom. The number of ketones is 3. The van der Waals surface area contributed by atoms with Crippen LogP contribution in [-0.2, 0) is 52.4 Å². The van der Waals surface area contributed by atoms with Crippen LogP contribution in [0.15, 0.2) is 77.9 Å². The number of amides is 1. The second-order valence-corrected chi connectivity index (χ2v) is 21.3. The molecular formula is C58H83NO14. The molecule has 3 heterocycles. The monoisotopic (exact) mass is 1020 g/mol. The molecular weight excluding hydrogens is 935 g/mol. The third-order valence-electron chi connectivity index (χ3n) is 15.7. The molecule has 0 aromatic heterocycles. The van der Waals surface area contributed by atoms with Gasteiger partial charge in [-0.15, -0.1) is 0 Å². The third-order valence-corrected chi connectivity index (χ3v) is 15.7. The number of aliphatic hydroxyl groups excluding tert-OH is 1. The van der Waals surface area contributed by atoms with Gasteiger partial charge in [0.25, 0.3) is 11.7 Å². The maximum Gasteiger partial charge on any atom is 0.338 e. The smallest absolute Gasteiger partial charge is 0.338 e. The van der Waals surface area contributed by atoms with E-state index < -0.39 is 89.8 Å². The molecule has 1 saturated carbocycles. The van der Waals surface area contributed by atoms with E-state index in [1.165, 1.54) is 12.0 Å². The fourth-order valence-electron chi connectivity index (χ4n) is 11.0. The summed E-state index contributed by atoms with van der Waals surface area (Å²) in [7, 11) is 4.53. The number of aliphatic hydroxyl groups is 2. The standard InChI is InChI=1S/C58H83NO14/c1-35-19-13-11-14-20-36(2)48(68-8)33-44-26-24-41(7)58(67,73-44)54(63)55(64)59-28-18-17-23-45(59)57(66)71-49(38(4)31-42-25-27-46(60)50(32-42)69-9)34-47(61)37(3)30-40(6)52(53(70-10)51(62)39(5)29-35)72-56(65)43-21-15-12-16-22-43/h11-16,19-22,30,35,37-39,41-42,44-46,48-50,52-53,60,67H,17-18,23-29,31-34H2,1-10H3/b14-11?,19-13+,36-20?,40-30+/t35-,37-,38-,39-,41-,42+,44+,45+,46-,48+,49+,50-,52-,53+,58-/m1/s1. The number of carbonyl (C=O) groups excluding carboxylic acids is 6. The van der Waals surface area contributed by atoms with E-state index in [0.29, 0.717) is 69.8 Å². The molecule has 404 valence electrons. The van der Waals surface area contributed by atoms with Crippen LogP contribution in [0.3, 0.4) is 0 Å². The Labute approximate surface area is 433 Å². The molecule has 2 bridgehead atoms. The summed E-state index contributed by atoms with van der Waals surface area (Å²) in [4.78, 5) is 87.0. The summed E-state index contributed by atoms with van der Waals surface area (Å²) in [5, 5.41) is 22.6. The number of nitrogens with zero attached hydrogens (tertiary/aromatic N) is 1. The van der Waals surface area contributed by atoms with Crippen LogP contribution in [0.5, 0.6) is 0 Å². The molecule has 1 amide bonds. The Morgan fingerprint density at radius 2 is 1.56 bits per heavy atom. The molecule has 0 unspecified atom stereocenters. The highest BCUT2D eigenvalue weighted by Gasteiger charge is 2.53. The number of ether oxygens (including phenoxy) is 6. The van der Waals surface area contributed by atoms with Crippen LogP contribution in [-0.4, -0.2) is 133 Å². The number of esters is 2. The summed E-state index contributed by atoms with van der Waals surface area (Å²) >= 11 is 0. The van der Waals surface area contributed by atoms with Crippen LogP contribution in [0.4, 0.5) is 0 Å². The van der Waals surface area contributed by atoms with Gasteiger partial charge in [0.1, 0.15) is 17.9 Å². The molecule has 2 N–H and O–H groups in total. The summed E-state index contributed by atoms with van der Waals surface area (Å²) < 4.78 is 36.0. The van der Waals surface area contributed by atoms with Gasteiger partial charge in [-0.3, -0.25) is 19.2 Å². The molecule has 15 nitrogen and oxygen atoms in total. The van der Waals surface area contributed by atoms with Crippen LogP contribution in [0.25, 0.3) is 0 Å². The first-order valence-electron chi connectivity index (χ1n) is 26.5. The summed E-state index contributed by atoms with van der Waals surface area (Å²) in [5.74, 6) is -9.06. The van der Waals surface area contributed by atoms with E-state index in [0.717, 1.165) is 5.57 Å². The van der Waals surface area contributed by atoms with Gasteiger partial charge < -0.3 is 43.5 Å². The number of hydrogen-bond acceptors (Lipinski definition) is 14. The third kappa shape index (κ3) is 15.7. The van der Waals surface area contributed by atoms with Crippen molar-refractivity contribution in [2.45, 2.75) is 180 Å². The average Bonchev–Trinajstić information content (AvgIpc) is 3.38. The molecule has 15 atom stereocenters. The lowest BCUT2D eigenvalue weighted by Crippen LogP contribution is -2.61. The maximum atomic E-state index is 14.6. The maximum absolute atomic E-state index is 14.6. The Kier molecular flexibility index (Phi) is 22.5. The Balaban J connectivity index is 1.54. The van der Waals surface area contributed by atoms with E-state index in [4.69, 9.17) is 28.4 Å². The predicted molar refractivity (Wildman–Crippen MR) is 275 cm³/mol. The first-order valence-corrected chi connectivity index (χ1v) is 26.5. The highest BCUT2D eigenvalue weighted by molar-refractivity contribution is 6.39. The zero-order valence-corrected chi connectivity index (χ0v) is 44.9. The van der Waals surface area contributed by atoms with Crippen molar-refractivity contribution in [2.24, 2.45) is 35.5 Å². The van der Waals surface area contributed by atoms with Crippen molar-refractivity contribution in [1.82, 2.24) is 4.90 Å². The fraction of sp³-hybridized carbons (Fsp3) is 0.655. The van der Waals surface area contributed by atoms with Gasteiger partial charge in [-0.2, -0.15) is 0 Å². The number of fused-ring (bicyclic) bond motifs is 3. The van der Waals surface area contributed by atoms with E-state index in [1.54, 1.807) is 71.4 Å². The molecule has 4 aliphatic rings. The summed E-state index contributed by atoms with van der Waals surface area (Å²) in [5.41, 5.74) is 1.55. The van der Waals surface area contributed by atoms with E-state index in [2.05, 4.69) is 0 Å². The second kappa shape index (κ2) is 27.8. The minimum absolute atomic E-state index is 0.0379. The van der Waals surface area contributed by atoms with Crippen LogP contribution >= 0.6 is 0 Å². The molecule has 1 aromatic carbocycles. The van der Waals surface area contributed by atoms with Crippen molar-refractivity contribution in [1.29, 1.82) is 0 Å². The molecule has 73 heavy (non-hydrogen) atoms. The lowest BCUT2D eigenvalue weighted by molar-refractivity contribution is -0.265. The minimum atomic E-state index is -2.45. The van der Waals surface area contributed by atoms with Crippen molar-refractivity contribution in [3.63, 3.8) is 0 Å². The lowest BCUT2D eigenvalue weighted by Gasteiger charge is -2.42. The quantitative estimate of drug-likeness (QED) is 0.144. The van der Waals surface area contributed by atoms with Crippen LogP contribution in [0.2, 0.25) is 0 Å². The Morgan fingerprint density at radius 1 is 0.836 bits per heavy atom. The highest BCUT2D eigenvalue weighted by atomic mass is 16.6. The van der Waals surface area contributed by atoms with Gasteiger partial charge >= 0.3 is 11.9 Å². The summed E-state index contributed by atoms with van der Waals surface area (Å²) in [6, 6.07) is 7.23. The molecule has 5 rings (SSSR count). The number of cyclic esters (lactones) is 1. The minimum Gasteiger partial charge on any atom is -0.460 e.